The number of hydrogen-bond donors (Lipinski definition) is 1. The van der Waals surface area contributed by atoms with Gasteiger partial charge >= 0.3 is 27.2 Å². The molecule has 0 radical (unpaired) electrons. The lowest BCUT2D eigenvalue weighted by Gasteiger charge is -2.18. The number of fused-ring (bicyclic) bond motifs is 2. The number of ether oxygens (including phenoxy) is 3. The summed E-state index contributed by atoms with van der Waals surface area (Å²) in [6.45, 7) is 22.9. The van der Waals surface area contributed by atoms with Gasteiger partial charge in [0, 0.05) is 34.9 Å². The Bertz CT molecular complexity index is 4190. The lowest BCUT2D eigenvalue weighted by Crippen LogP contribution is -3.61. The van der Waals surface area contributed by atoms with Gasteiger partial charge in [0.1, 0.15) is 49.0 Å². The molecule has 13 nitrogen and oxygen atoms in total. The first-order valence-electron chi connectivity index (χ1n) is 33.1. The Morgan fingerprint density at radius 1 is 0.546 bits per heavy atom. The number of ketones is 1. The van der Waals surface area contributed by atoms with E-state index in [9.17, 15) is 40.3 Å². The molecule has 9 aromatic rings. The zero-order valence-corrected chi connectivity index (χ0v) is 62.0. The molecule has 514 valence electrons. The van der Waals surface area contributed by atoms with Gasteiger partial charge in [-0.3, -0.25) is 14.4 Å². The Morgan fingerprint density at radius 3 is 1.61 bits per heavy atom. The van der Waals surface area contributed by atoms with Crippen molar-refractivity contribution in [3.8, 4) is 17.2 Å². The van der Waals surface area contributed by atoms with Crippen molar-refractivity contribution in [2.24, 2.45) is 0 Å². The number of benzene rings is 9. The number of nitrogens with one attached hydrogen (secondary N) is 1. The van der Waals surface area contributed by atoms with E-state index in [4.69, 9.17) is 14.2 Å². The lowest BCUT2D eigenvalue weighted by molar-refractivity contribution is -0.597. The summed E-state index contributed by atoms with van der Waals surface area (Å²) in [6, 6.07) is 62.3. The number of hydrogen-bond acceptors (Lipinski definition) is 12. The van der Waals surface area contributed by atoms with Gasteiger partial charge in [-0.15, -0.1) is 0 Å². The van der Waals surface area contributed by atoms with Gasteiger partial charge in [0.05, 0.1) is 23.0 Å². The molecule has 2 unspecified atom stereocenters. The second kappa shape index (κ2) is 36.4. The maximum atomic E-state index is 12.2. The molecule has 17 heteroatoms. The summed E-state index contributed by atoms with van der Waals surface area (Å²) in [5.74, 6) is 5.93. The highest BCUT2D eigenvalue weighted by molar-refractivity contribution is 7.97. The predicted octanol–water partition coefficient (Wildman–Crippen LogP) is 14.8. The van der Waals surface area contributed by atoms with E-state index < -0.39 is 20.2 Å². The first-order valence-corrected chi connectivity index (χ1v) is 39.8. The van der Waals surface area contributed by atoms with Crippen LogP contribution >= 0.6 is 0 Å². The zero-order valence-electron chi connectivity index (χ0n) is 57.4. The van der Waals surface area contributed by atoms with E-state index in [1.54, 1.807) is 60.7 Å². The van der Waals surface area contributed by atoms with Crippen LogP contribution in [-0.2, 0) is 51.6 Å². The molecule has 97 heavy (non-hydrogen) atoms. The van der Waals surface area contributed by atoms with Crippen molar-refractivity contribution in [1.29, 1.82) is 0 Å². The Kier molecular flexibility index (Phi) is 28.9. The van der Waals surface area contributed by atoms with Crippen LogP contribution in [0.25, 0.3) is 21.5 Å². The minimum absolute atomic E-state index is 0.0703. The Hall–Kier alpha value is -7.39. The molecule has 1 aliphatic heterocycles. The molecule has 10 rings (SSSR count). The van der Waals surface area contributed by atoms with Crippen LogP contribution in [-0.4, -0.2) is 74.1 Å². The quantitative estimate of drug-likeness (QED) is 0.0121. The third-order valence-electron chi connectivity index (χ3n) is 16.6. The van der Waals surface area contributed by atoms with Crippen molar-refractivity contribution in [2.45, 2.75) is 153 Å². The van der Waals surface area contributed by atoms with Crippen LogP contribution in [0.1, 0.15) is 165 Å². The van der Waals surface area contributed by atoms with Gasteiger partial charge in [-0.05, 0) is 190 Å². The molecule has 1 amide bonds. The lowest BCUT2D eigenvalue weighted by atomic mass is 9.87. The maximum absolute atomic E-state index is 12.2. The molecule has 0 spiro atoms. The van der Waals surface area contributed by atoms with Gasteiger partial charge in [0.2, 0.25) is 11.7 Å². The fourth-order valence-electron chi connectivity index (χ4n) is 10.4. The van der Waals surface area contributed by atoms with E-state index in [0.717, 1.165) is 35.3 Å². The number of amides is 1. The Morgan fingerprint density at radius 2 is 1.06 bits per heavy atom. The van der Waals surface area contributed by atoms with E-state index >= 15 is 0 Å². The maximum Gasteiger partial charge on any atom is 0.357 e. The number of carbonyl (C=O) groups excluding carboxylic acids is 3. The van der Waals surface area contributed by atoms with Crippen LogP contribution in [0.5, 0.6) is 17.2 Å². The van der Waals surface area contributed by atoms with Crippen LogP contribution in [0.4, 0.5) is 5.69 Å². The summed E-state index contributed by atoms with van der Waals surface area (Å²) in [5.41, 5.74) is 7.30. The number of esters is 1. The highest BCUT2D eigenvalue weighted by Crippen LogP contribution is 2.32. The summed E-state index contributed by atoms with van der Waals surface area (Å²) in [6.07, 6.45) is 6.29. The number of halogens is 1. The third-order valence-corrected chi connectivity index (χ3v) is 23.4. The Balaban J connectivity index is 0.000000189. The number of carbonyl (C=O) groups is 3. The van der Waals surface area contributed by atoms with Gasteiger partial charge < -0.3 is 28.6 Å². The van der Waals surface area contributed by atoms with E-state index in [1.807, 2.05) is 54.6 Å². The number of Topliss-reactive ketones (excluding diaryl/α,β-unsaturated/α-hetero) is 1. The standard InChI is InChI=1S/C24H27NO5S.C24H26O6S.C20H26I.C12H15OS/c1-3-17(2)18-7-11-22(12-8-18)30-14-4-5-24(26)25-21-10-6-20-16-23(31(27,28)29)13-9-19(20)15-21;1-3-17(2)18-12-14-19(15-13-18)30-24(25)11-6-16-29-22-9-4-8-21-20(22)7-5-10-23(21)31(26,27)28;1-19(2,3)15-7-11-17(12-8-15)21-18-13-9-16(10-14-18)20(4,5)6;13-12(10-14-8-4-5-9-14)11-6-2-1-3-7-11/h6-13,15-17H,3-5,14H2,1-2H3,(H,25,26)(H,27,28,29);4-5,7-10,12-15,17H,3,6,11,16H2,1-2H3,(H,26,27,28);7-14H,1-6H3;1-3,6-7H,4-5,8-10H2/q;;2*+1/p-2. The van der Waals surface area contributed by atoms with Gasteiger partial charge in [-0.1, -0.05) is 184 Å². The average molecular weight is 1480 g/mol. The van der Waals surface area contributed by atoms with Crippen LogP contribution in [0.2, 0.25) is 0 Å². The highest BCUT2D eigenvalue weighted by atomic mass is 127. The summed E-state index contributed by atoms with van der Waals surface area (Å²) in [7, 11) is -8.69. The second-order valence-corrected chi connectivity index (χ2v) is 34.3. The third kappa shape index (κ3) is 24.8. The van der Waals surface area contributed by atoms with Gasteiger partial charge in [-0.25, -0.2) is 16.8 Å². The molecule has 1 fully saturated rings. The minimum atomic E-state index is -4.59. The van der Waals surface area contributed by atoms with Gasteiger partial charge in [0.25, 0.3) is 0 Å². The summed E-state index contributed by atoms with van der Waals surface area (Å²) < 4.78 is 87.6. The number of rotatable bonds is 23. The minimum Gasteiger partial charge on any atom is -0.744 e. The van der Waals surface area contributed by atoms with E-state index in [2.05, 4.69) is 135 Å². The predicted molar refractivity (Wildman–Crippen MR) is 387 cm³/mol. The summed E-state index contributed by atoms with van der Waals surface area (Å²) in [5, 5.41) is 5.02. The van der Waals surface area contributed by atoms with Crippen LogP contribution in [0.3, 0.4) is 0 Å². The molecule has 1 N–H and O–H groups in total. The van der Waals surface area contributed by atoms with Gasteiger partial charge in [0.15, 0.2) is 12.9 Å². The summed E-state index contributed by atoms with van der Waals surface area (Å²) >= 11 is -0.0703. The van der Waals surface area contributed by atoms with Crippen LogP contribution in [0, 0.1) is 7.14 Å². The second-order valence-electron chi connectivity index (χ2n) is 26.2. The molecule has 1 saturated heterocycles. The average Bonchev–Trinajstić information content (AvgIpc) is 0.956. The Labute approximate surface area is 588 Å². The van der Waals surface area contributed by atoms with E-state index in [-0.39, 0.29) is 66.7 Å². The normalized spacial score (nSPS) is 13.2. The largest absolute Gasteiger partial charge is 0.744 e. The smallest absolute Gasteiger partial charge is 0.357 e. The molecular formula is C80H92INO12S3. The highest BCUT2D eigenvalue weighted by Gasteiger charge is 2.27. The molecule has 1 aliphatic rings. The molecule has 2 atom stereocenters. The van der Waals surface area contributed by atoms with Gasteiger partial charge in [-0.2, -0.15) is 0 Å². The number of anilines is 1. The first kappa shape index (κ1) is 77.0. The van der Waals surface area contributed by atoms with Crippen molar-refractivity contribution in [3.05, 3.63) is 235 Å². The monoisotopic (exact) mass is 1480 g/mol. The SMILES string of the molecule is CC(C)(C)c1ccc([I+]c2ccc(C(C)(C)C)cc2)cc1.CCC(C)c1ccc(OC(=O)CCCOc2cccc3c(S(=O)(=O)[O-])cccc23)cc1.CCC(C)c1ccc(OCCCC(=O)Nc2ccc3cc(S(=O)(=O)[O-])ccc3c2)cc1.O=C(C[S+]1CCCC1)c1ccccc1. The first-order chi connectivity index (χ1) is 46.1. The van der Waals surface area contributed by atoms with Crippen molar-refractivity contribution in [2.75, 3.05) is 35.8 Å². The molecule has 9 aromatic carbocycles. The molecular weight excluding hydrogens is 1390 g/mol. The fourth-order valence-corrected chi connectivity index (χ4v) is 16.0. The van der Waals surface area contributed by atoms with Crippen LogP contribution < -0.4 is 40.7 Å². The molecule has 0 aromatic heterocycles. The molecule has 0 aliphatic carbocycles. The molecule has 0 bridgehead atoms. The topological polar surface area (TPSA) is 205 Å². The zero-order chi connectivity index (χ0) is 70.3. The van der Waals surface area contributed by atoms with E-state index in [0.29, 0.717) is 87.7 Å². The van der Waals surface area contributed by atoms with E-state index in [1.165, 1.54) is 78.0 Å². The molecule has 0 saturated carbocycles. The van der Waals surface area contributed by atoms with Crippen LogP contribution in [0.15, 0.2) is 210 Å². The van der Waals surface area contributed by atoms with Crippen molar-refractivity contribution >= 4 is 76.0 Å². The molecule has 1 heterocycles. The van der Waals surface area contributed by atoms with Crippen molar-refractivity contribution in [1.82, 2.24) is 0 Å². The van der Waals surface area contributed by atoms with Crippen molar-refractivity contribution in [3.63, 3.8) is 0 Å². The summed E-state index contributed by atoms with van der Waals surface area (Å²) in [4.78, 5) is 35.6. The van der Waals surface area contributed by atoms with Crippen molar-refractivity contribution < 1.29 is 75.7 Å². The fraction of sp³-hybridized carbons (Fsp3) is 0.338.